The molecule has 2 atom stereocenters. The first-order valence-corrected chi connectivity index (χ1v) is 19.1. The smallest absolute Gasteiger partial charge is 0.0197 e. The molecule has 0 aromatic heterocycles. The first kappa shape index (κ1) is 32.0. The molecule has 2 aliphatic carbocycles. The zero-order valence-electron chi connectivity index (χ0n) is 27.5. The van der Waals surface area contributed by atoms with Crippen LogP contribution in [0.5, 0.6) is 0 Å². The quantitative estimate of drug-likeness (QED) is 0.131. The largest absolute Gasteiger partial charge is 0.306 e. The standard InChI is InChI=1S/C41H31.C4H10Si.Sc/c1-26-23-40-34(32-17-7-13-28-11-3-5-15-30(28)32)19-9-21-36(40)38(26)25-39-27(2)24-41-35(20-10-22-37(39)41)33-18-8-14-29-12-4-6-16-31(29)33;1-2-4-5-3-1;/h3-25,38-39H,1-2H3;1-5H2;/q-1;;. The fraction of sp³-hybridized carbons (Fsp3) is 0.178. The Labute approximate surface area is 301 Å². The normalized spacial score (nSPS) is 17.7. The van der Waals surface area contributed by atoms with Crippen LogP contribution in [-0.4, -0.2) is 9.52 Å². The molecule has 6 aromatic carbocycles. The zero-order chi connectivity index (χ0) is 31.0. The summed E-state index contributed by atoms with van der Waals surface area (Å²) in [5.41, 5.74) is 13.7. The number of hydrogen-bond donors (Lipinski definition) is 0. The summed E-state index contributed by atoms with van der Waals surface area (Å²) in [5, 5.41) is 5.20. The van der Waals surface area contributed by atoms with Crippen molar-refractivity contribution in [3.05, 3.63) is 161 Å². The molecule has 0 N–H and O–H groups in total. The van der Waals surface area contributed by atoms with Crippen molar-refractivity contribution in [1.29, 1.82) is 0 Å². The summed E-state index contributed by atoms with van der Waals surface area (Å²) >= 11 is 0. The molecule has 2 unspecified atom stereocenters. The van der Waals surface area contributed by atoms with E-state index in [1.807, 2.05) is 0 Å². The Hall–Kier alpha value is -3.59. The molecule has 2 heteroatoms. The average molecular weight is 655 g/mol. The maximum atomic E-state index is 2.59. The van der Waals surface area contributed by atoms with E-state index in [0.29, 0.717) is 21.4 Å². The minimum absolute atomic E-state index is 0. The molecular weight excluding hydrogens is 614 g/mol. The van der Waals surface area contributed by atoms with Crippen molar-refractivity contribution in [2.45, 2.75) is 50.6 Å². The van der Waals surface area contributed by atoms with Gasteiger partial charge in [0.1, 0.15) is 0 Å². The summed E-state index contributed by atoms with van der Waals surface area (Å²) in [6.07, 6.45) is 10.6. The Bertz CT molecular complexity index is 1980. The number of benzene rings is 6. The van der Waals surface area contributed by atoms with E-state index >= 15 is 0 Å². The maximum Gasteiger partial charge on any atom is 0.0197 e. The van der Waals surface area contributed by atoms with Crippen molar-refractivity contribution in [2.24, 2.45) is 0 Å². The SMILES string of the molecule is C1CC[SiH2]C1.CC1=Cc2c(-c3cccc4ccccc34)cccc2C1[CH-]C1C(C)=Cc2c(-c3cccc4ccccc34)cccc21.[Sc]. The second kappa shape index (κ2) is 13.9. The van der Waals surface area contributed by atoms with Crippen LogP contribution in [0.25, 0.3) is 56.0 Å². The molecule has 0 nitrogen and oxygen atoms in total. The second-order valence-electron chi connectivity index (χ2n) is 13.4. The van der Waals surface area contributed by atoms with Crippen molar-refractivity contribution in [2.75, 3.05) is 0 Å². The van der Waals surface area contributed by atoms with Crippen molar-refractivity contribution in [1.82, 2.24) is 0 Å². The van der Waals surface area contributed by atoms with Crippen LogP contribution >= 0.6 is 0 Å². The van der Waals surface area contributed by atoms with E-state index in [1.165, 1.54) is 77.2 Å². The van der Waals surface area contributed by atoms with Gasteiger partial charge in [0, 0.05) is 35.4 Å². The average Bonchev–Trinajstić information content (AvgIpc) is 3.85. The van der Waals surface area contributed by atoms with Crippen molar-refractivity contribution < 1.29 is 25.8 Å². The van der Waals surface area contributed by atoms with Crippen LogP contribution in [0.3, 0.4) is 0 Å². The van der Waals surface area contributed by atoms with Gasteiger partial charge >= 0.3 is 0 Å². The van der Waals surface area contributed by atoms with Gasteiger partial charge in [0.25, 0.3) is 0 Å². The van der Waals surface area contributed by atoms with Gasteiger partial charge in [-0.25, -0.2) is 0 Å². The van der Waals surface area contributed by atoms with Gasteiger partial charge in [-0.3, -0.25) is 0 Å². The van der Waals surface area contributed by atoms with Crippen LogP contribution in [0.1, 0.15) is 60.8 Å². The molecule has 0 amide bonds. The Morgan fingerprint density at radius 2 is 0.894 bits per heavy atom. The molecule has 229 valence electrons. The number of fused-ring (bicyclic) bond motifs is 4. The van der Waals surface area contributed by atoms with Crippen LogP contribution in [0.2, 0.25) is 12.1 Å². The maximum absolute atomic E-state index is 2.59. The molecule has 6 aromatic rings. The van der Waals surface area contributed by atoms with E-state index in [4.69, 9.17) is 0 Å². The monoisotopic (exact) mass is 654 g/mol. The summed E-state index contributed by atoms with van der Waals surface area (Å²) in [6, 6.07) is 47.8. The molecule has 1 heterocycles. The molecule has 1 radical (unpaired) electrons. The van der Waals surface area contributed by atoms with Crippen LogP contribution < -0.4 is 0 Å². The van der Waals surface area contributed by atoms with Gasteiger partial charge in [-0.05, 0) is 68.8 Å². The Morgan fingerprint density at radius 1 is 0.489 bits per heavy atom. The third-order valence-electron chi connectivity index (χ3n) is 10.5. The van der Waals surface area contributed by atoms with Crippen LogP contribution in [0.4, 0.5) is 0 Å². The molecule has 0 saturated carbocycles. The molecule has 0 spiro atoms. The van der Waals surface area contributed by atoms with Gasteiger partial charge in [0.2, 0.25) is 0 Å². The van der Waals surface area contributed by atoms with Gasteiger partial charge in [-0.2, -0.15) is 0 Å². The topological polar surface area (TPSA) is 0 Å². The predicted octanol–water partition coefficient (Wildman–Crippen LogP) is 12.0. The Kier molecular flexibility index (Phi) is 9.44. The van der Waals surface area contributed by atoms with Gasteiger partial charge in [-0.15, -0.1) is 11.8 Å². The fourth-order valence-corrected chi connectivity index (χ4v) is 9.90. The molecule has 47 heavy (non-hydrogen) atoms. The summed E-state index contributed by atoms with van der Waals surface area (Å²) in [6.45, 7) is 4.60. The molecule has 1 saturated heterocycles. The third kappa shape index (κ3) is 6.00. The second-order valence-corrected chi connectivity index (χ2v) is 15.5. The summed E-state index contributed by atoms with van der Waals surface area (Å²) in [5.74, 6) is 0.584. The van der Waals surface area contributed by atoms with Crippen molar-refractivity contribution in [3.63, 3.8) is 0 Å². The number of rotatable bonds is 4. The summed E-state index contributed by atoms with van der Waals surface area (Å²) in [7, 11) is 0.543. The minimum atomic E-state index is 0. The molecule has 9 rings (SSSR count). The van der Waals surface area contributed by atoms with Crippen molar-refractivity contribution >= 4 is 43.2 Å². The number of allylic oxidation sites excluding steroid dienone is 2. The molecule has 1 fully saturated rings. The van der Waals surface area contributed by atoms with Crippen LogP contribution in [0.15, 0.2) is 132 Å². The van der Waals surface area contributed by atoms with Gasteiger partial charge < -0.3 is 6.42 Å². The summed E-state index contributed by atoms with van der Waals surface area (Å²) < 4.78 is 0. The predicted molar refractivity (Wildman–Crippen MR) is 203 cm³/mol. The Balaban J connectivity index is 0.000000538. The fourth-order valence-electron chi connectivity index (χ4n) is 8.13. The van der Waals surface area contributed by atoms with Crippen molar-refractivity contribution in [3.8, 4) is 22.3 Å². The zero-order valence-corrected chi connectivity index (χ0v) is 30.8. The van der Waals surface area contributed by atoms with E-state index in [2.05, 4.69) is 154 Å². The first-order valence-electron chi connectivity index (χ1n) is 17.1. The Morgan fingerprint density at radius 3 is 1.34 bits per heavy atom. The minimum Gasteiger partial charge on any atom is -0.306 e. The molecular formula is C45H41ScSi-. The van der Waals surface area contributed by atoms with Gasteiger partial charge in [0.05, 0.1) is 0 Å². The van der Waals surface area contributed by atoms with E-state index in [-0.39, 0.29) is 25.8 Å². The number of hydrogen-bond acceptors (Lipinski definition) is 0. The first-order chi connectivity index (χ1) is 22.7. The van der Waals surface area contributed by atoms with E-state index < -0.39 is 0 Å². The molecule has 1 aliphatic heterocycles. The molecule has 0 bridgehead atoms. The molecule has 3 aliphatic rings. The van der Waals surface area contributed by atoms with Gasteiger partial charge in [0.15, 0.2) is 0 Å². The summed E-state index contributed by atoms with van der Waals surface area (Å²) in [4.78, 5) is 0. The van der Waals surface area contributed by atoms with E-state index in [1.54, 1.807) is 24.9 Å². The van der Waals surface area contributed by atoms with Gasteiger partial charge in [-0.1, -0.05) is 181 Å². The van der Waals surface area contributed by atoms with E-state index in [0.717, 1.165) is 0 Å². The third-order valence-corrected chi connectivity index (χ3v) is 12.5. The van der Waals surface area contributed by atoms with Crippen LogP contribution in [0, 0.1) is 6.42 Å². The van der Waals surface area contributed by atoms with E-state index in [9.17, 15) is 0 Å². The van der Waals surface area contributed by atoms with Crippen LogP contribution in [-0.2, 0) is 25.8 Å².